The maximum Gasteiger partial charge on any atom is 0.303 e. The van der Waals surface area contributed by atoms with E-state index in [-0.39, 0.29) is 23.9 Å². The molecule has 15 heavy (non-hydrogen) atoms. The molecule has 5 heteroatoms. The Labute approximate surface area is 94.5 Å². The normalized spacial score (nSPS) is 25.4. The molecule has 0 N–H and O–H groups in total. The summed E-state index contributed by atoms with van der Waals surface area (Å²) in [6.45, 7) is 3.69. The van der Waals surface area contributed by atoms with Gasteiger partial charge in [0.05, 0.1) is 5.38 Å². The van der Waals surface area contributed by atoms with Crippen molar-refractivity contribution in [2.45, 2.75) is 38.1 Å². The lowest BCUT2D eigenvalue weighted by Gasteiger charge is -2.22. The monoisotopic (exact) mass is 233 g/mol. The van der Waals surface area contributed by atoms with Crippen molar-refractivity contribution < 1.29 is 14.3 Å². The van der Waals surface area contributed by atoms with Gasteiger partial charge in [-0.15, -0.1) is 11.6 Å². The molecular weight excluding hydrogens is 218 g/mol. The number of amides is 1. The van der Waals surface area contributed by atoms with E-state index in [1.165, 1.54) is 6.92 Å². The summed E-state index contributed by atoms with van der Waals surface area (Å²) >= 11 is 5.99. The maximum atomic E-state index is 11.7. The van der Waals surface area contributed by atoms with Gasteiger partial charge in [0.1, 0.15) is 0 Å². The molecule has 1 unspecified atom stereocenters. The highest BCUT2D eigenvalue weighted by Crippen LogP contribution is 2.24. The Balaban J connectivity index is 2.47. The smallest absolute Gasteiger partial charge is 0.303 e. The van der Waals surface area contributed by atoms with Crippen LogP contribution >= 0.6 is 11.6 Å². The molecule has 0 aromatic carbocycles. The predicted octanol–water partition coefficient (Wildman–Crippen LogP) is 1.17. The highest BCUT2D eigenvalue weighted by atomic mass is 35.5. The van der Waals surface area contributed by atoms with E-state index in [9.17, 15) is 9.59 Å². The standard InChI is InChI=1S/C10H16ClNO3/c1-3-9-4-8(11)5-12(9)10(14)6-15-7(2)13/h8-9H,3-6H2,1-2H3/t8?,9-/m1/s1. The Hall–Kier alpha value is -0.770. The zero-order valence-electron chi connectivity index (χ0n) is 9.03. The van der Waals surface area contributed by atoms with Gasteiger partial charge in [-0.25, -0.2) is 0 Å². The third-order valence-electron chi connectivity index (χ3n) is 2.55. The van der Waals surface area contributed by atoms with Gasteiger partial charge in [-0.2, -0.15) is 0 Å². The van der Waals surface area contributed by atoms with E-state index < -0.39 is 5.97 Å². The van der Waals surface area contributed by atoms with E-state index in [4.69, 9.17) is 11.6 Å². The number of carbonyl (C=O) groups is 2. The quantitative estimate of drug-likeness (QED) is 0.543. The molecule has 1 saturated heterocycles. The van der Waals surface area contributed by atoms with Crippen molar-refractivity contribution in [3.63, 3.8) is 0 Å². The highest BCUT2D eigenvalue weighted by Gasteiger charge is 2.33. The van der Waals surface area contributed by atoms with Gasteiger partial charge < -0.3 is 9.64 Å². The number of rotatable bonds is 3. The molecule has 86 valence electrons. The van der Waals surface area contributed by atoms with E-state index in [1.807, 2.05) is 6.92 Å². The van der Waals surface area contributed by atoms with Crippen LogP contribution in [0.2, 0.25) is 0 Å². The summed E-state index contributed by atoms with van der Waals surface area (Å²) in [7, 11) is 0. The van der Waals surface area contributed by atoms with Crippen molar-refractivity contribution in [2.24, 2.45) is 0 Å². The summed E-state index contributed by atoms with van der Waals surface area (Å²) in [5.74, 6) is -0.585. The molecule has 0 aliphatic carbocycles. The average Bonchev–Trinajstić information content (AvgIpc) is 2.56. The van der Waals surface area contributed by atoms with E-state index in [1.54, 1.807) is 4.90 Å². The number of nitrogens with zero attached hydrogens (tertiary/aromatic N) is 1. The minimum Gasteiger partial charge on any atom is -0.456 e. The fraction of sp³-hybridized carbons (Fsp3) is 0.800. The first kappa shape index (κ1) is 12.3. The van der Waals surface area contributed by atoms with Crippen LogP contribution in [0.5, 0.6) is 0 Å². The summed E-state index contributed by atoms with van der Waals surface area (Å²) in [5, 5.41) is 0.0243. The molecule has 0 bridgehead atoms. The number of likely N-dealkylation sites (tertiary alicyclic amines) is 1. The number of carbonyl (C=O) groups excluding carboxylic acids is 2. The second-order valence-electron chi connectivity index (χ2n) is 3.72. The van der Waals surface area contributed by atoms with Gasteiger partial charge in [0.15, 0.2) is 6.61 Å². The molecule has 0 spiro atoms. The second-order valence-corrected chi connectivity index (χ2v) is 4.34. The third-order valence-corrected chi connectivity index (χ3v) is 2.87. The van der Waals surface area contributed by atoms with E-state index in [0.29, 0.717) is 6.54 Å². The molecule has 1 aliphatic heterocycles. The van der Waals surface area contributed by atoms with Gasteiger partial charge in [0.2, 0.25) is 0 Å². The van der Waals surface area contributed by atoms with Gasteiger partial charge in [0, 0.05) is 19.5 Å². The molecule has 0 aromatic rings. The SMILES string of the molecule is CC[C@@H]1CC(Cl)CN1C(=O)COC(C)=O. The lowest BCUT2D eigenvalue weighted by molar-refractivity contribution is -0.150. The van der Waals surface area contributed by atoms with Crippen LogP contribution < -0.4 is 0 Å². The molecule has 2 atom stereocenters. The average molecular weight is 234 g/mol. The summed E-state index contributed by atoms with van der Waals surface area (Å²) in [6.07, 6.45) is 1.71. The molecule has 0 aromatic heterocycles. The maximum absolute atomic E-state index is 11.7. The zero-order valence-corrected chi connectivity index (χ0v) is 9.79. The minimum atomic E-state index is -0.432. The van der Waals surface area contributed by atoms with Crippen molar-refractivity contribution >= 4 is 23.5 Å². The highest BCUT2D eigenvalue weighted by molar-refractivity contribution is 6.21. The number of hydrogen-bond acceptors (Lipinski definition) is 3. The second kappa shape index (κ2) is 5.35. The molecule has 1 heterocycles. The van der Waals surface area contributed by atoms with Crippen LogP contribution in [0.3, 0.4) is 0 Å². The number of alkyl halides is 1. The van der Waals surface area contributed by atoms with E-state index in [0.717, 1.165) is 12.8 Å². The number of esters is 1. The summed E-state index contributed by atoms with van der Waals surface area (Å²) in [4.78, 5) is 23.9. The van der Waals surface area contributed by atoms with E-state index in [2.05, 4.69) is 4.74 Å². The Bertz CT molecular complexity index is 257. The van der Waals surface area contributed by atoms with Gasteiger partial charge >= 0.3 is 5.97 Å². The summed E-state index contributed by atoms with van der Waals surface area (Å²) in [5.41, 5.74) is 0. The third kappa shape index (κ3) is 3.38. The van der Waals surface area contributed by atoms with Crippen molar-refractivity contribution in [1.82, 2.24) is 4.90 Å². The van der Waals surface area contributed by atoms with Crippen LogP contribution in [0.1, 0.15) is 26.7 Å². The largest absolute Gasteiger partial charge is 0.456 e. The number of ether oxygens (including phenoxy) is 1. The van der Waals surface area contributed by atoms with E-state index >= 15 is 0 Å². The van der Waals surface area contributed by atoms with Crippen LogP contribution in [0.15, 0.2) is 0 Å². The van der Waals surface area contributed by atoms with Gasteiger partial charge in [-0.1, -0.05) is 6.92 Å². The lowest BCUT2D eigenvalue weighted by atomic mass is 10.2. The topological polar surface area (TPSA) is 46.6 Å². The Morgan fingerprint density at radius 2 is 2.20 bits per heavy atom. The van der Waals surface area contributed by atoms with Crippen LogP contribution in [0, 0.1) is 0 Å². The Kier molecular flexibility index (Phi) is 4.39. The first-order chi connectivity index (χ1) is 7.04. The van der Waals surface area contributed by atoms with Crippen molar-refractivity contribution in [3.05, 3.63) is 0 Å². The number of hydrogen-bond donors (Lipinski definition) is 0. The number of halogens is 1. The van der Waals surface area contributed by atoms with Crippen molar-refractivity contribution in [1.29, 1.82) is 0 Å². The van der Waals surface area contributed by atoms with Crippen molar-refractivity contribution in [3.8, 4) is 0 Å². The summed E-state index contributed by atoms with van der Waals surface area (Å²) < 4.78 is 4.67. The van der Waals surface area contributed by atoms with Crippen LogP contribution in [0.4, 0.5) is 0 Å². The molecule has 1 fully saturated rings. The van der Waals surface area contributed by atoms with Crippen LogP contribution in [-0.4, -0.2) is 41.3 Å². The first-order valence-corrected chi connectivity index (χ1v) is 5.55. The Morgan fingerprint density at radius 1 is 1.53 bits per heavy atom. The van der Waals surface area contributed by atoms with Gasteiger partial charge in [-0.3, -0.25) is 9.59 Å². The van der Waals surface area contributed by atoms with Gasteiger partial charge in [-0.05, 0) is 12.8 Å². The lowest BCUT2D eigenvalue weighted by Crippen LogP contribution is -2.38. The molecule has 0 radical (unpaired) electrons. The fourth-order valence-electron chi connectivity index (χ4n) is 1.80. The minimum absolute atomic E-state index is 0.0243. The molecule has 1 rings (SSSR count). The molecule has 0 saturated carbocycles. The first-order valence-electron chi connectivity index (χ1n) is 5.11. The van der Waals surface area contributed by atoms with Gasteiger partial charge in [0.25, 0.3) is 5.91 Å². The Morgan fingerprint density at radius 3 is 2.73 bits per heavy atom. The molecule has 1 aliphatic rings. The molecule has 4 nitrogen and oxygen atoms in total. The zero-order chi connectivity index (χ0) is 11.4. The van der Waals surface area contributed by atoms with Crippen LogP contribution in [-0.2, 0) is 14.3 Å². The predicted molar refractivity (Wildman–Crippen MR) is 56.7 cm³/mol. The fourth-order valence-corrected chi connectivity index (χ4v) is 2.15. The van der Waals surface area contributed by atoms with Crippen LogP contribution in [0.25, 0.3) is 0 Å². The summed E-state index contributed by atoms with van der Waals surface area (Å²) in [6, 6.07) is 0.190. The molecular formula is C10H16ClNO3. The van der Waals surface area contributed by atoms with Crippen molar-refractivity contribution in [2.75, 3.05) is 13.2 Å². The molecule has 1 amide bonds.